The molecule has 0 unspecified atom stereocenters. The van der Waals surface area contributed by atoms with E-state index in [2.05, 4.69) is 64.5 Å². The van der Waals surface area contributed by atoms with Crippen molar-refractivity contribution in [3.8, 4) is 0 Å². The van der Waals surface area contributed by atoms with Gasteiger partial charge in [-0.25, -0.2) is 4.98 Å². The summed E-state index contributed by atoms with van der Waals surface area (Å²) in [5, 5.41) is 7.90. The number of hydrogen-bond donors (Lipinski definition) is 2. The number of para-hydroxylation sites is 1. The zero-order chi connectivity index (χ0) is 27.5. The van der Waals surface area contributed by atoms with Crippen molar-refractivity contribution < 1.29 is 4.79 Å². The molecule has 1 amide bonds. The maximum atomic E-state index is 13.3. The van der Waals surface area contributed by atoms with E-state index < -0.39 is 0 Å². The summed E-state index contributed by atoms with van der Waals surface area (Å²) < 4.78 is 2.18. The van der Waals surface area contributed by atoms with Gasteiger partial charge in [0.15, 0.2) is 0 Å². The Morgan fingerprint density at radius 1 is 0.950 bits per heavy atom. The molecule has 2 N–H and O–H groups in total. The molecule has 2 aromatic heterocycles. The second-order valence-corrected chi connectivity index (χ2v) is 11.6. The van der Waals surface area contributed by atoms with Gasteiger partial charge >= 0.3 is 0 Å². The van der Waals surface area contributed by atoms with Gasteiger partial charge in [0.1, 0.15) is 5.82 Å². The molecular formula is C33H40N6O. The summed E-state index contributed by atoms with van der Waals surface area (Å²) in [6, 6.07) is 19.0. The van der Waals surface area contributed by atoms with E-state index in [-0.39, 0.29) is 5.91 Å². The molecule has 2 aliphatic rings. The van der Waals surface area contributed by atoms with Crippen molar-refractivity contribution in [1.29, 1.82) is 0 Å². The lowest BCUT2D eigenvalue weighted by molar-refractivity contribution is 0.0944. The Kier molecular flexibility index (Phi) is 7.71. The van der Waals surface area contributed by atoms with Crippen LogP contribution >= 0.6 is 0 Å². The summed E-state index contributed by atoms with van der Waals surface area (Å²) in [6.07, 6.45) is 10.9. The fourth-order valence-electron chi connectivity index (χ4n) is 6.37. The molecule has 7 nitrogen and oxygen atoms in total. The van der Waals surface area contributed by atoms with Gasteiger partial charge in [0.05, 0.1) is 11.3 Å². The highest BCUT2D eigenvalue weighted by Gasteiger charge is 2.25. The van der Waals surface area contributed by atoms with E-state index in [9.17, 15) is 4.79 Å². The first-order valence-corrected chi connectivity index (χ1v) is 14.8. The highest BCUT2D eigenvalue weighted by atomic mass is 16.1. The molecule has 4 aromatic rings. The highest BCUT2D eigenvalue weighted by Crippen LogP contribution is 2.30. The molecule has 2 aliphatic carbocycles. The van der Waals surface area contributed by atoms with Crippen LogP contribution in [0.1, 0.15) is 65.7 Å². The van der Waals surface area contributed by atoms with Crippen molar-refractivity contribution in [2.75, 3.05) is 30.9 Å². The number of fused-ring (bicyclic) bond motifs is 2. The molecule has 0 bridgehead atoms. The second kappa shape index (κ2) is 11.7. The smallest absolute Gasteiger partial charge is 0.253 e. The Labute approximate surface area is 237 Å². The third-order valence-corrected chi connectivity index (χ3v) is 8.55. The molecule has 1 fully saturated rings. The monoisotopic (exact) mass is 536 g/mol. The van der Waals surface area contributed by atoms with E-state index in [1.165, 1.54) is 29.7 Å². The first-order chi connectivity index (χ1) is 19.5. The largest absolute Gasteiger partial charge is 0.362 e. The van der Waals surface area contributed by atoms with Gasteiger partial charge in [0.25, 0.3) is 5.91 Å². The Morgan fingerprint density at radius 3 is 2.50 bits per heavy atom. The van der Waals surface area contributed by atoms with Gasteiger partial charge in [-0.3, -0.25) is 4.79 Å². The Hall–Kier alpha value is -3.87. The predicted octanol–water partition coefficient (Wildman–Crippen LogP) is 5.83. The quantitative estimate of drug-likeness (QED) is 0.297. The molecule has 0 atom stereocenters. The lowest BCUT2D eigenvalue weighted by Crippen LogP contribution is -2.34. The first-order valence-electron chi connectivity index (χ1n) is 14.8. The fourth-order valence-corrected chi connectivity index (χ4v) is 6.37. The summed E-state index contributed by atoms with van der Waals surface area (Å²) >= 11 is 0. The number of aromatic nitrogens is 3. The van der Waals surface area contributed by atoms with Gasteiger partial charge in [0, 0.05) is 55.9 Å². The van der Waals surface area contributed by atoms with Crippen LogP contribution < -0.4 is 15.5 Å². The molecule has 0 radical (unpaired) electrons. The average molecular weight is 537 g/mol. The molecule has 40 heavy (non-hydrogen) atoms. The number of anilines is 2. The summed E-state index contributed by atoms with van der Waals surface area (Å²) in [4.78, 5) is 25.2. The van der Waals surface area contributed by atoms with E-state index in [0.717, 1.165) is 73.3 Å². The van der Waals surface area contributed by atoms with E-state index in [0.29, 0.717) is 18.5 Å². The Morgan fingerprint density at radius 2 is 1.70 bits per heavy atom. The SMILES string of the molecule is CN(C)c1nc(NC2CCC(CNC(=O)c3cn(Cc4ccccc4)c4ccccc34)CC2)nc2c1CCCC2. The zero-order valence-corrected chi connectivity index (χ0v) is 23.7. The minimum atomic E-state index is 0.0157. The summed E-state index contributed by atoms with van der Waals surface area (Å²) in [6.45, 7) is 1.46. The molecule has 6 rings (SSSR count). The first kappa shape index (κ1) is 26.4. The van der Waals surface area contributed by atoms with Crippen molar-refractivity contribution >= 4 is 28.6 Å². The lowest BCUT2D eigenvalue weighted by atomic mass is 9.86. The Bertz CT molecular complexity index is 1470. The van der Waals surface area contributed by atoms with Crippen LogP contribution in [0.4, 0.5) is 11.8 Å². The molecule has 0 aliphatic heterocycles. The number of nitrogens with one attached hydrogen (secondary N) is 2. The standard InChI is InChI=1S/C33H40N6O/c1-38(2)31-27-13-6-8-14-29(27)36-33(37-31)35-25-18-16-23(17-19-25)20-34-32(40)28-22-39(21-24-10-4-3-5-11-24)30-15-9-7-12-26(28)30/h3-5,7,9-12,15,22-23,25H,6,8,13-14,16-21H2,1-2H3,(H,34,40)(H,35,36,37). The molecule has 2 heterocycles. The average Bonchev–Trinajstić information content (AvgIpc) is 3.35. The number of hydrogen-bond acceptors (Lipinski definition) is 5. The van der Waals surface area contributed by atoms with E-state index in [4.69, 9.17) is 9.97 Å². The van der Waals surface area contributed by atoms with Gasteiger partial charge in [-0.1, -0.05) is 48.5 Å². The van der Waals surface area contributed by atoms with Crippen LogP contribution in [0.15, 0.2) is 60.8 Å². The van der Waals surface area contributed by atoms with Gasteiger partial charge in [0.2, 0.25) is 5.95 Å². The fraction of sp³-hybridized carbons (Fsp3) is 0.424. The maximum absolute atomic E-state index is 13.3. The van der Waals surface area contributed by atoms with Crippen molar-refractivity contribution in [2.24, 2.45) is 5.92 Å². The molecule has 0 saturated heterocycles. The predicted molar refractivity (Wildman–Crippen MR) is 162 cm³/mol. The zero-order valence-electron chi connectivity index (χ0n) is 23.7. The van der Waals surface area contributed by atoms with Gasteiger partial charge < -0.3 is 20.1 Å². The van der Waals surface area contributed by atoms with E-state index in [1.54, 1.807) is 0 Å². The van der Waals surface area contributed by atoms with Crippen molar-refractivity contribution in [3.63, 3.8) is 0 Å². The van der Waals surface area contributed by atoms with Crippen LogP contribution in [-0.2, 0) is 19.4 Å². The minimum absolute atomic E-state index is 0.0157. The number of rotatable bonds is 8. The van der Waals surface area contributed by atoms with E-state index in [1.807, 2.05) is 30.5 Å². The third kappa shape index (κ3) is 5.69. The van der Waals surface area contributed by atoms with Crippen molar-refractivity contribution in [1.82, 2.24) is 19.9 Å². The number of aryl methyl sites for hydroxylation is 1. The summed E-state index contributed by atoms with van der Waals surface area (Å²) in [5.41, 5.74) is 5.60. The third-order valence-electron chi connectivity index (χ3n) is 8.55. The molecular weight excluding hydrogens is 496 g/mol. The highest BCUT2D eigenvalue weighted by molar-refractivity contribution is 6.07. The van der Waals surface area contributed by atoms with Crippen LogP contribution in [0.5, 0.6) is 0 Å². The van der Waals surface area contributed by atoms with Crippen molar-refractivity contribution in [3.05, 3.63) is 83.2 Å². The molecule has 2 aromatic carbocycles. The molecule has 7 heteroatoms. The van der Waals surface area contributed by atoms with Crippen LogP contribution in [0.2, 0.25) is 0 Å². The number of nitrogens with zero attached hydrogens (tertiary/aromatic N) is 4. The van der Waals surface area contributed by atoms with Crippen LogP contribution in [0, 0.1) is 5.92 Å². The number of amides is 1. The molecule has 1 saturated carbocycles. The van der Waals surface area contributed by atoms with Gasteiger partial charge in [-0.15, -0.1) is 0 Å². The maximum Gasteiger partial charge on any atom is 0.253 e. The minimum Gasteiger partial charge on any atom is -0.362 e. The second-order valence-electron chi connectivity index (χ2n) is 11.6. The number of carbonyl (C=O) groups is 1. The van der Waals surface area contributed by atoms with Gasteiger partial charge in [-0.05, 0) is 68.9 Å². The van der Waals surface area contributed by atoms with Gasteiger partial charge in [-0.2, -0.15) is 4.98 Å². The van der Waals surface area contributed by atoms with Crippen LogP contribution in [0.3, 0.4) is 0 Å². The normalized spacial score (nSPS) is 18.8. The molecule has 208 valence electrons. The number of carbonyl (C=O) groups excluding carboxylic acids is 1. The van der Waals surface area contributed by atoms with Crippen molar-refractivity contribution in [2.45, 2.75) is 64.0 Å². The molecule has 0 spiro atoms. The summed E-state index contributed by atoms with van der Waals surface area (Å²) in [7, 11) is 4.14. The number of benzene rings is 2. The topological polar surface area (TPSA) is 75.1 Å². The van der Waals surface area contributed by atoms with E-state index >= 15 is 0 Å². The lowest BCUT2D eigenvalue weighted by Gasteiger charge is -2.30. The summed E-state index contributed by atoms with van der Waals surface area (Å²) in [5.74, 6) is 2.34. The Balaban J connectivity index is 1.05. The van der Waals surface area contributed by atoms with Crippen LogP contribution in [0.25, 0.3) is 10.9 Å². The van der Waals surface area contributed by atoms with Crippen LogP contribution in [-0.4, -0.2) is 47.1 Å².